The van der Waals surface area contributed by atoms with Crippen molar-refractivity contribution in [3.8, 4) is 10.6 Å². The fourth-order valence-corrected chi connectivity index (χ4v) is 5.95. The molecular formula is C36H42F2N4O3S. The number of carbonyl (C=O) groups is 2. The van der Waals surface area contributed by atoms with Crippen LogP contribution in [0.2, 0.25) is 0 Å². The van der Waals surface area contributed by atoms with Crippen molar-refractivity contribution in [2.75, 3.05) is 19.7 Å². The quantitative estimate of drug-likeness (QED) is 0.139. The lowest BCUT2D eigenvalue weighted by molar-refractivity contribution is 0.0755. The van der Waals surface area contributed by atoms with Gasteiger partial charge >= 0.3 is 0 Å². The predicted octanol–water partition coefficient (Wildman–Crippen LogP) is 6.80. The highest BCUT2D eigenvalue weighted by molar-refractivity contribution is 7.13. The normalized spacial score (nSPS) is 12.5. The number of aryl methyl sites for hydroxylation is 1. The third-order valence-electron chi connectivity index (χ3n) is 7.59. The van der Waals surface area contributed by atoms with Crippen LogP contribution in [0.5, 0.6) is 0 Å². The van der Waals surface area contributed by atoms with Crippen LogP contribution in [-0.2, 0) is 24.2 Å². The maximum absolute atomic E-state index is 14.1. The lowest BCUT2D eigenvalue weighted by Gasteiger charge is -2.26. The van der Waals surface area contributed by atoms with Crippen LogP contribution in [0.4, 0.5) is 8.78 Å². The molecule has 4 aromatic rings. The molecule has 2 atom stereocenters. The van der Waals surface area contributed by atoms with Gasteiger partial charge in [0, 0.05) is 53.5 Å². The van der Waals surface area contributed by atoms with Crippen LogP contribution in [0.3, 0.4) is 0 Å². The van der Waals surface area contributed by atoms with Crippen molar-refractivity contribution in [3.05, 3.63) is 112 Å². The van der Waals surface area contributed by atoms with Crippen LogP contribution in [0.25, 0.3) is 10.6 Å². The maximum Gasteiger partial charge on any atom is 0.253 e. The average Bonchev–Trinajstić information content (AvgIpc) is 3.59. The number of nitrogens with zero attached hydrogens (tertiary/aromatic N) is 2. The first-order valence-electron chi connectivity index (χ1n) is 15.7. The fourth-order valence-electron chi connectivity index (χ4n) is 5.32. The Kier molecular flexibility index (Phi) is 12.9. The minimum absolute atomic E-state index is 0.0645. The molecule has 0 bridgehead atoms. The highest BCUT2D eigenvalue weighted by atomic mass is 32.1. The Morgan fingerprint density at radius 3 is 2.28 bits per heavy atom. The van der Waals surface area contributed by atoms with E-state index >= 15 is 0 Å². The van der Waals surface area contributed by atoms with Gasteiger partial charge in [-0.05, 0) is 72.7 Å². The Morgan fingerprint density at radius 1 is 0.935 bits per heavy atom. The molecule has 0 aliphatic rings. The number of nitrogens with two attached hydrogens (primary N) is 1. The first kappa shape index (κ1) is 34.9. The monoisotopic (exact) mass is 648 g/mol. The number of aromatic nitrogens is 1. The summed E-state index contributed by atoms with van der Waals surface area (Å²) < 4.78 is 34.2. The van der Waals surface area contributed by atoms with Gasteiger partial charge < -0.3 is 20.7 Å². The summed E-state index contributed by atoms with van der Waals surface area (Å²) >= 11 is 1.40. The third kappa shape index (κ3) is 9.75. The molecule has 0 saturated carbocycles. The van der Waals surface area contributed by atoms with Crippen LogP contribution < -0.4 is 11.1 Å². The minimum Gasteiger partial charge on any atom is -0.375 e. The number of halogens is 2. The molecule has 7 nitrogen and oxygen atoms in total. The molecule has 0 aliphatic carbocycles. The summed E-state index contributed by atoms with van der Waals surface area (Å²) in [5.41, 5.74) is 10.4. The standard InChI is InChI=1S/C36H42F2N4O3S/c1-4-11-42(12-5-2)36(44)29-19-27(18-28(20-29)35-40-10-13-46-35)34(43)41-33(17-26-15-30(37)21-31(38)16-26)32(39)23-45-22-25-9-7-8-24(6-3)14-25/h7-10,13-16,18-21,32-33H,4-6,11-12,17,22-23,39H2,1-3H3,(H,41,43)/t32?,33-/m0/s1. The molecule has 1 aromatic heterocycles. The van der Waals surface area contributed by atoms with Gasteiger partial charge in [-0.1, -0.05) is 45.0 Å². The van der Waals surface area contributed by atoms with Gasteiger partial charge in [0.2, 0.25) is 0 Å². The number of nitrogens with one attached hydrogen (secondary N) is 1. The van der Waals surface area contributed by atoms with Crippen molar-refractivity contribution in [3.63, 3.8) is 0 Å². The number of carbonyl (C=O) groups excluding carboxylic acids is 2. The van der Waals surface area contributed by atoms with Crippen LogP contribution in [0.15, 0.2) is 72.2 Å². The Hall–Kier alpha value is -3.99. The van der Waals surface area contributed by atoms with Crippen molar-refractivity contribution in [1.29, 1.82) is 0 Å². The second-order valence-electron chi connectivity index (χ2n) is 11.3. The molecule has 10 heteroatoms. The molecular weight excluding hydrogens is 606 g/mol. The van der Waals surface area contributed by atoms with E-state index in [1.54, 1.807) is 29.3 Å². The van der Waals surface area contributed by atoms with Gasteiger partial charge in [0.15, 0.2) is 0 Å². The van der Waals surface area contributed by atoms with Crippen LogP contribution in [0, 0.1) is 11.6 Å². The Balaban J connectivity index is 1.60. The number of benzene rings is 3. The molecule has 0 saturated heterocycles. The topological polar surface area (TPSA) is 97.6 Å². The molecule has 1 unspecified atom stereocenters. The molecule has 0 aliphatic heterocycles. The first-order chi connectivity index (χ1) is 22.2. The summed E-state index contributed by atoms with van der Waals surface area (Å²) in [6, 6.07) is 14.9. The van der Waals surface area contributed by atoms with E-state index in [4.69, 9.17) is 10.5 Å². The van der Waals surface area contributed by atoms with Crippen molar-refractivity contribution in [2.45, 2.75) is 65.1 Å². The van der Waals surface area contributed by atoms with Crippen LogP contribution in [-0.4, -0.2) is 53.5 Å². The van der Waals surface area contributed by atoms with Crippen LogP contribution >= 0.6 is 11.3 Å². The predicted molar refractivity (Wildman–Crippen MR) is 179 cm³/mol. The summed E-state index contributed by atoms with van der Waals surface area (Å²) in [7, 11) is 0. The number of ether oxygens (including phenoxy) is 1. The van der Waals surface area contributed by atoms with E-state index in [0.29, 0.717) is 41.4 Å². The third-order valence-corrected chi connectivity index (χ3v) is 8.41. The van der Waals surface area contributed by atoms with Crippen molar-refractivity contribution in [2.24, 2.45) is 5.73 Å². The van der Waals surface area contributed by atoms with E-state index in [2.05, 4.69) is 23.3 Å². The van der Waals surface area contributed by atoms with Crippen molar-refractivity contribution >= 4 is 23.2 Å². The summed E-state index contributed by atoms with van der Waals surface area (Å²) in [6.45, 7) is 7.71. The molecule has 3 N–H and O–H groups in total. The van der Waals surface area contributed by atoms with Gasteiger partial charge in [-0.25, -0.2) is 13.8 Å². The second-order valence-corrected chi connectivity index (χ2v) is 12.2. The summed E-state index contributed by atoms with van der Waals surface area (Å²) in [4.78, 5) is 33.6. The molecule has 46 heavy (non-hydrogen) atoms. The Labute approximate surface area is 273 Å². The number of rotatable bonds is 16. The van der Waals surface area contributed by atoms with Gasteiger partial charge in [0.05, 0.1) is 19.3 Å². The number of amides is 2. The zero-order valence-electron chi connectivity index (χ0n) is 26.6. The molecule has 2 amide bonds. The highest BCUT2D eigenvalue weighted by Gasteiger charge is 2.25. The van der Waals surface area contributed by atoms with Gasteiger partial charge in [-0.15, -0.1) is 11.3 Å². The molecule has 244 valence electrons. The van der Waals surface area contributed by atoms with E-state index < -0.39 is 29.6 Å². The molecule has 0 fully saturated rings. The lowest BCUT2D eigenvalue weighted by Crippen LogP contribution is -2.51. The van der Waals surface area contributed by atoms with E-state index in [-0.39, 0.29) is 24.5 Å². The highest BCUT2D eigenvalue weighted by Crippen LogP contribution is 2.26. The summed E-state index contributed by atoms with van der Waals surface area (Å²) in [6.07, 6.45) is 4.24. The molecule has 4 rings (SSSR count). The number of thiazole rings is 1. The minimum atomic E-state index is -0.741. The summed E-state index contributed by atoms with van der Waals surface area (Å²) in [5.74, 6) is -2.08. The van der Waals surface area contributed by atoms with Gasteiger partial charge in [-0.2, -0.15) is 0 Å². The largest absolute Gasteiger partial charge is 0.375 e. The number of hydrogen-bond donors (Lipinski definition) is 2. The van der Waals surface area contributed by atoms with Crippen molar-refractivity contribution < 1.29 is 23.1 Å². The van der Waals surface area contributed by atoms with E-state index in [1.165, 1.54) is 29.0 Å². The zero-order chi connectivity index (χ0) is 33.1. The Bertz CT molecular complexity index is 1570. The van der Waals surface area contributed by atoms with E-state index in [1.807, 2.05) is 37.4 Å². The second kappa shape index (κ2) is 17.1. The van der Waals surface area contributed by atoms with E-state index in [0.717, 1.165) is 30.9 Å². The fraction of sp³-hybridized carbons (Fsp3) is 0.361. The van der Waals surface area contributed by atoms with Gasteiger partial charge in [0.1, 0.15) is 16.6 Å². The van der Waals surface area contributed by atoms with Crippen molar-refractivity contribution in [1.82, 2.24) is 15.2 Å². The SMILES string of the molecule is CCCN(CCC)C(=O)c1cc(C(=O)N[C@@H](Cc2cc(F)cc(F)c2)C(N)COCc2cccc(CC)c2)cc(-c2nccs2)c1. The summed E-state index contributed by atoms with van der Waals surface area (Å²) in [5, 5.41) is 5.48. The molecule has 0 spiro atoms. The lowest BCUT2D eigenvalue weighted by atomic mass is 9.98. The first-order valence-corrected chi connectivity index (χ1v) is 16.6. The zero-order valence-corrected chi connectivity index (χ0v) is 27.4. The molecule has 0 radical (unpaired) electrons. The average molecular weight is 649 g/mol. The molecule has 1 heterocycles. The molecule has 3 aromatic carbocycles. The maximum atomic E-state index is 14.1. The smallest absolute Gasteiger partial charge is 0.253 e. The van der Waals surface area contributed by atoms with Crippen LogP contribution in [0.1, 0.15) is 71.0 Å². The number of hydrogen-bond acceptors (Lipinski definition) is 6. The van der Waals surface area contributed by atoms with Gasteiger partial charge in [0.25, 0.3) is 11.8 Å². The van der Waals surface area contributed by atoms with E-state index in [9.17, 15) is 18.4 Å². The Morgan fingerprint density at radius 2 is 1.63 bits per heavy atom. The van der Waals surface area contributed by atoms with Gasteiger partial charge in [-0.3, -0.25) is 9.59 Å².